The lowest BCUT2D eigenvalue weighted by molar-refractivity contribution is 0.0574. The van der Waals surface area contributed by atoms with E-state index in [1.165, 1.54) is 0 Å². The van der Waals surface area contributed by atoms with E-state index in [1.807, 2.05) is 17.0 Å². The van der Waals surface area contributed by atoms with Crippen molar-refractivity contribution >= 4 is 17.5 Å². The molecule has 1 fully saturated rings. The number of carbonyl (C=O) groups is 1. The Hall–Kier alpha value is -2.84. The molecule has 0 radical (unpaired) electrons. The van der Waals surface area contributed by atoms with Crippen LogP contribution in [-0.2, 0) is 6.67 Å². The number of piperazine rings is 1. The molecule has 0 saturated carbocycles. The zero-order valence-corrected chi connectivity index (χ0v) is 15.3. The monoisotopic (exact) mass is 383 g/mol. The molecule has 3 aromatic rings. The van der Waals surface area contributed by atoms with Gasteiger partial charge in [0.2, 0.25) is 5.82 Å². The van der Waals surface area contributed by atoms with E-state index in [2.05, 4.69) is 25.3 Å². The molecule has 1 saturated heterocycles. The number of nitrogens with zero attached hydrogens (tertiary/aromatic N) is 7. The second-order valence-electron chi connectivity index (χ2n) is 6.28. The van der Waals surface area contributed by atoms with Crippen molar-refractivity contribution in [2.24, 2.45) is 0 Å². The lowest BCUT2D eigenvalue weighted by atomic mass is 10.2. The zero-order valence-electron chi connectivity index (χ0n) is 14.6. The Morgan fingerprint density at radius 1 is 1.00 bits per heavy atom. The summed E-state index contributed by atoms with van der Waals surface area (Å²) in [6.45, 7) is 3.39. The summed E-state index contributed by atoms with van der Waals surface area (Å²) in [6.07, 6.45) is 3.27. The van der Waals surface area contributed by atoms with Crippen molar-refractivity contribution in [1.29, 1.82) is 0 Å². The Morgan fingerprint density at radius 2 is 1.70 bits per heavy atom. The lowest BCUT2D eigenvalue weighted by Crippen LogP contribution is -2.49. The summed E-state index contributed by atoms with van der Waals surface area (Å²) in [5, 5.41) is 13.3. The Morgan fingerprint density at radius 3 is 2.41 bits per heavy atom. The van der Waals surface area contributed by atoms with E-state index in [9.17, 15) is 4.79 Å². The molecule has 1 aromatic carbocycles. The maximum absolute atomic E-state index is 12.5. The van der Waals surface area contributed by atoms with Crippen LogP contribution in [0.3, 0.4) is 0 Å². The lowest BCUT2D eigenvalue weighted by Gasteiger charge is -2.34. The van der Waals surface area contributed by atoms with Crippen molar-refractivity contribution in [1.82, 2.24) is 35.0 Å². The van der Waals surface area contributed by atoms with Crippen molar-refractivity contribution in [2.75, 3.05) is 26.2 Å². The number of amides is 1. The third-order valence-corrected chi connectivity index (χ3v) is 4.72. The van der Waals surface area contributed by atoms with E-state index < -0.39 is 0 Å². The molecule has 0 atom stereocenters. The van der Waals surface area contributed by atoms with Gasteiger partial charge in [-0.15, -0.1) is 15.0 Å². The minimum atomic E-state index is 0.0426. The number of halogens is 1. The summed E-state index contributed by atoms with van der Waals surface area (Å²) >= 11 is 5.91. The number of hydrogen-bond acceptors (Lipinski definition) is 6. The van der Waals surface area contributed by atoms with E-state index in [1.54, 1.807) is 41.5 Å². The van der Waals surface area contributed by atoms with Crippen molar-refractivity contribution in [3.8, 4) is 11.4 Å². The second-order valence-corrected chi connectivity index (χ2v) is 6.72. The van der Waals surface area contributed by atoms with Crippen LogP contribution < -0.4 is 0 Å². The van der Waals surface area contributed by atoms with Crippen LogP contribution in [-0.4, -0.2) is 67.1 Å². The number of tetrazole rings is 1. The zero-order chi connectivity index (χ0) is 18.6. The first-order valence-corrected chi connectivity index (χ1v) is 9.02. The third-order valence-electron chi connectivity index (χ3n) is 4.47. The van der Waals surface area contributed by atoms with Gasteiger partial charge in [0.25, 0.3) is 5.91 Å². The summed E-state index contributed by atoms with van der Waals surface area (Å²) in [6, 6.07) is 10.8. The van der Waals surface area contributed by atoms with Gasteiger partial charge in [0.1, 0.15) is 6.67 Å². The molecule has 0 bridgehead atoms. The minimum absolute atomic E-state index is 0.0426. The Labute approximate surface area is 161 Å². The quantitative estimate of drug-likeness (QED) is 0.683. The molecule has 1 aliphatic heterocycles. The van der Waals surface area contributed by atoms with E-state index in [0.717, 1.165) is 18.7 Å². The average molecular weight is 384 g/mol. The molecule has 0 unspecified atom stereocenters. The Kier molecular flexibility index (Phi) is 5.08. The van der Waals surface area contributed by atoms with E-state index in [4.69, 9.17) is 11.6 Å². The third kappa shape index (κ3) is 4.12. The van der Waals surface area contributed by atoms with E-state index >= 15 is 0 Å². The molecule has 0 aliphatic carbocycles. The topological polar surface area (TPSA) is 80.0 Å². The number of carbonyl (C=O) groups excluding carboxylic acids is 1. The average Bonchev–Trinajstić information content (AvgIpc) is 3.18. The van der Waals surface area contributed by atoms with Gasteiger partial charge in [0.05, 0.1) is 0 Å². The number of hydrogen-bond donors (Lipinski definition) is 0. The molecule has 9 heteroatoms. The fourth-order valence-electron chi connectivity index (χ4n) is 2.97. The molecular formula is C18H18ClN7O. The van der Waals surface area contributed by atoms with Crippen LogP contribution in [0.4, 0.5) is 0 Å². The van der Waals surface area contributed by atoms with Crippen molar-refractivity contribution in [3.05, 3.63) is 59.4 Å². The van der Waals surface area contributed by atoms with Crippen molar-refractivity contribution < 1.29 is 4.79 Å². The highest BCUT2D eigenvalue weighted by molar-refractivity contribution is 6.30. The van der Waals surface area contributed by atoms with Gasteiger partial charge in [-0.3, -0.25) is 14.7 Å². The van der Waals surface area contributed by atoms with Gasteiger partial charge in [-0.25, -0.2) is 0 Å². The van der Waals surface area contributed by atoms with Gasteiger partial charge in [-0.2, -0.15) is 0 Å². The molecule has 0 N–H and O–H groups in total. The highest BCUT2D eigenvalue weighted by atomic mass is 35.5. The molecule has 27 heavy (non-hydrogen) atoms. The maximum Gasteiger partial charge on any atom is 0.254 e. The first-order chi connectivity index (χ1) is 13.2. The minimum Gasteiger partial charge on any atom is -0.336 e. The summed E-state index contributed by atoms with van der Waals surface area (Å²) in [7, 11) is 0. The summed E-state index contributed by atoms with van der Waals surface area (Å²) in [5.74, 6) is 0.610. The second kappa shape index (κ2) is 7.81. The fraction of sp³-hybridized carbons (Fsp3) is 0.278. The van der Waals surface area contributed by atoms with Crippen LogP contribution in [0.25, 0.3) is 11.4 Å². The van der Waals surface area contributed by atoms with Gasteiger partial charge in [-0.05, 0) is 41.6 Å². The van der Waals surface area contributed by atoms with Crippen LogP contribution in [0.15, 0.2) is 48.8 Å². The molecule has 2 aromatic heterocycles. The molecule has 1 aliphatic rings. The molecule has 8 nitrogen and oxygen atoms in total. The first kappa shape index (κ1) is 17.6. The highest BCUT2D eigenvalue weighted by Gasteiger charge is 2.22. The van der Waals surface area contributed by atoms with Crippen LogP contribution in [0.1, 0.15) is 10.4 Å². The molecule has 3 heterocycles. The summed E-state index contributed by atoms with van der Waals surface area (Å²) in [4.78, 5) is 22.1. The van der Waals surface area contributed by atoms with Crippen LogP contribution in [0, 0.1) is 0 Å². The van der Waals surface area contributed by atoms with Gasteiger partial charge in [0.15, 0.2) is 0 Å². The van der Waals surface area contributed by atoms with Crippen molar-refractivity contribution in [3.63, 3.8) is 0 Å². The number of aromatic nitrogens is 5. The van der Waals surface area contributed by atoms with Gasteiger partial charge in [-0.1, -0.05) is 11.6 Å². The Bertz CT molecular complexity index is 905. The summed E-state index contributed by atoms with van der Waals surface area (Å²) in [5.41, 5.74) is 1.54. The molecule has 4 rings (SSSR count). The standard InChI is InChI=1S/C18H18ClN7O/c19-16-3-1-14(2-4-16)17-21-23-26(22-17)13-24-9-11-25(12-10-24)18(27)15-5-7-20-8-6-15/h1-8H,9-13H2. The van der Waals surface area contributed by atoms with E-state index in [0.29, 0.717) is 36.2 Å². The molecule has 0 spiro atoms. The fourth-order valence-corrected chi connectivity index (χ4v) is 3.09. The SMILES string of the molecule is O=C(c1ccncc1)N1CCN(Cn2nnc(-c3ccc(Cl)cc3)n2)CC1. The van der Waals surface area contributed by atoms with Crippen molar-refractivity contribution in [2.45, 2.75) is 6.67 Å². The molecular weight excluding hydrogens is 366 g/mol. The van der Waals surface area contributed by atoms with Gasteiger partial charge in [0, 0.05) is 54.7 Å². The van der Waals surface area contributed by atoms with Crippen LogP contribution >= 0.6 is 11.6 Å². The van der Waals surface area contributed by atoms with Gasteiger partial charge >= 0.3 is 0 Å². The van der Waals surface area contributed by atoms with Gasteiger partial charge < -0.3 is 4.90 Å². The number of pyridine rings is 1. The Balaban J connectivity index is 1.33. The predicted molar refractivity (Wildman–Crippen MR) is 100.0 cm³/mol. The van der Waals surface area contributed by atoms with Crippen LogP contribution in [0.2, 0.25) is 5.02 Å². The predicted octanol–water partition coefficient (Wildman–Crippen LogP) is 1.80. The normalized spacial score (nSPS) is 15.1. The van der Waals surface area contributed by atoms with Crippen LogP contribution in [0.5, 0.6) is 0 Å². The highest BCUT2D eigenvalue weighted by Crippen LogP contribution is 2.17. The maximum atomic E-state index is 12.5. The number of benzene rings is 1. The smallest absolute Gasteiger partial charge is 0.254 e. The molecule has 1 amide bonds. The largest absolute Gasteiger partial charge is 0.336 e. The first-order valence-electron chi connectivity index (χ1n) is 8.64. The molecule has 138 valence electrons. The number of rotatable bonds is 4. The summed E-state index contributed by atoms with van der Waals surface area (Å²) < 4.78 is 0. The van der Waals surface area contributed by atoms with E-state index in [-0.39, 0.29) is 5.91 Å².